The molecule has 12 aromatic rings. The Morgan fingerprint density at radius 3 is 1.11 bits per heavy atom. The largest absolute Gasteiger partial charge is 0.344 e. The molecule has 12 rings (SSSR count). The molecule has 0 aliphatic carbocycles. The van der Waals surface area contributed by atoms with Crippen LogP contribution in [0.5, 0.6) is 0 Å². The number of aldehydes is 1. The summed E-state index contributed by atoms with van der Waals surface area (Å²) in [6.45, 7) is 3.27. The quantitative estimate of drug-likeness (QED) is 0.00850. The van der Waals surface area contributed by atoms with Crippen LogP contribution in [0.25, 0.3) is 43.1 Å². The Morgan fingerprint density at radius 2 is 0.725 bits per heavy atom. The summed E-state index contributed by atoms with van der Waals surface area (Å²) in [5.74, 6) is -5.07. The molecule has 0 fully saturated rings. The van der Waals surface area contributed by atoms with Gasteiger partial charge in [-0.05, 0) is 164 Å². The molecule has 10 aromatic carbocycles. The fourth-order valence-electron chi connectivity index (χ4n) is 14.8. The van der Waals surface area contributed by atoms with Gasteiger partial charge >= 0.3 is 17.9 Å². The van der Waals surface area contributed by atoms with Gasteiger partial charge in [0.2, 0.25) is 48.1 Å². The van der Waals surface area contributed by atoms with Crippen LogP contribution in [-0.2, 0) is 79.0 Å². The molecule has 28 nitrogen and oxygen atoms in total. The fraction of sp³-hybridized carbons (Fsp3) is 0.250. The second kappa shape index (κ2) is 41.3. The summed E-state index contributed by atoms with van der Waals surface area (Å²) in [6, 6.07) is 64.2. The van der Waals surface area contributed by atoms with Gasteiger partial charge in [0.1, 0.15) is 86.5 Å². The van der Waals surface area contributed by atoms with Crippen molar-refractivity contribution in [2.45, 2.75) is 127 Å². The predicted octanol–water partition coefficient (Wildman–Crippen LogP) is 1.41. The summed E-state index contributed by atoms with van der Waals surface area (Å²) in [6.07, 6.45) is 8.72. The number of nitrogens with one attached hydrogen (secondary N) is 10. The number of anilines is 1. The topological polar surface area (TPSA) is 429 Å². The molecule has 0 aliphatic heterocycles. The molecule has 0 aliphatic rings. The Morgan fingerprint density at radius 1 is 0.383 bits per heavy atom. The van der Waals surface area contributed by atoms with Gasteiger partial charge in [-0.2, -0.15) is 0 Å². The normalized spacial score (nSPS) is 12.7. The number of carbonyl (C=O) groups is 8. The number of fused-ring (bicyclic) bond motifs is 4. The fourth-order valence-corrected chi connectivity index (χ4v) is 14.8. The van der Waals surface area contributed by atoms with E-state index in [0.29, 0.717) is 49.5 Å². The SMILES string of the molecule is CC(=O)Nc1ccc(C(=O)N[C@@H](CCCNC(N)=[NH2+])C(=O)N[C@@H](CCCNC(N)=[NH2+])C(=O)N[C@@H](Cc2cn(Cc3ccc4ccccc4c3)c[n+]2Cc2ccc3ccccc3c2)C(=O)N[C@@H](Cc2cn(Cc3ccc4ccccc4c3)c[n+]2Cc2ccc3ccccc3c2)C(=O)N[C@@H](CCCNC(N)=[NH2+])C(=O)N[C@H](C=O)Cc2ccccc2)cc1. The molecule has 0 saturated carbocycles. The van der Waals surface area contributed by atoms with Gasteiger partial charge in [0.25, 0.3) is 5.91 Å². The Bertz CT molecular complexity index is 5690. The van der Waals surface area contributed by atoms with E-state index in [-0.39, 0.29) is 107 Å². The van der Waals surface area contributed by atoms with Gasteiger partial charge in [0.05, 0.1) is 25.7 Å². The predicted molar refractivity (Wildman–Crippen MR) is 462 cm³/mol. The van der Waals surface area contributed by atoms with Gasteiger partial charge in [0, 0.05) is 31.0 Å². The summed E-state index contributed by atoms with van der Waals surface area (Å²) in [4.78, 5) is 118. The van der Waals surface area contributed by atoms with E-state index in [1.165, 1.54) is 19.1 Å². The molecular weight excluding hydrogens is 1510 g/mol. The number of nitrogens with zero attached hydrogens (tertiary/aromatic N) is 4. The Labute approximate surface area is 695 Å². The van der Waals surface area contributed by atoms with E-state index in [2.05, 4.69) is 126 Å². The average Bonchev–Trinajstić information content (AvgIpc) is 1.65. The van der Waals surface area contributed by atoms with Crippen molar-refractivity contribution >= 4 is 114 Å². The molecule has 7 amide bonds. The maximum absolute atomic E-state index is 16.6. The second-order valence-electron chi connectivity index (χ2n) is 30.2. The van der Waals surface area contributed by atoms with Gasteiger partial charge in [-0.25, -0.2) is 18.3 Å². The average molecular weight is 1620 g/mol. The van der Waals surface area contributed by atoms with Crippen molar-refractivity contribution in [3.8, 4) is 0 Å². The number of hydrogen-bond acceptors (Lipinski definition) is 8. The first-order valence-corrected chi connectivity index (χ1v) is 40.2. The van der Waals surface area contributed by atoms with Gasteiger partial charge in [-0.15, -0.1) is 0 Å². The lowest BCUT2D eigenvalue weighted by atomic mass is 10.0. The number of hydrogen-bond donors (Lipinski definition) is 16. The third kappa shape index (κ3) is 24.5. The second-order valence-corrected chi connectivity index (χ2v) is 30.2. The molecule has 0 radical (unpaired) electrons. The standard InChI is InChI=1S/C92H100N20O8/c1-60(114)102-75-39-37-70(38-40-75)84(115)104-80(27-14-42-100-91(95)96)86(117)105-81(28-15-43-101-92(97)98)87(118)107-83(50-78-56-110(52-63-30-34-67-19-6-10-23-72(67)45-63)59-112(78)54-65-32-36-69-21-8-12-25-74(69)47-65)89(120)108-82(88(119)106-79(26-13-41-99-90(93)94)85(116)103-76(57-113)48-61-16-3-2-4-17-61)49-77-55-109(51-62-29-33-66-18-5-9-22-71(66)44-62)58-111(77)53-64-31-35-68-20-7-11-24-73(68)46-64/h2-12,16-25,29-40,44-47,55-59,76,79-83H,13-15,26-28,41-43,48-54H2,1H3,(H17-2,93,94,95,96,97,98,99,100,101,102,103,104,105,106,107,108,114,115,116,117,118,119,120)/p+5/t76-,79-,80-,81-,82-,83-/m0/s1. The van der Waals surface area contributed by atoms with Crippen LogP contribution in [0.1, 0.15) is 95.0 Å². The van der Waals surface area contributed by atoms with Crippen LogP contribution in [0.4, 0.5) is 5.69 Å². The first-order valence-electron chi connectivity index (χ1n) is 40.2. The van der Waals surface area contributed by atoms with E-state index in [9.17, 15) is 19.2 Å². The van der Waals surface area contributed by atoms with Crippen molar-refractivity contribution in [2.24, 2.45) is 17.2 Å². The van der Waals surface area contributed by atoms with E-state index in [0.717, 1.165) is 70.9 Å². The molecule has 28 heteroatoms. The van der Waals surface area contributed by atoms with E-state index in [4.69, 9.17) is 33.4 Å². The summed E-state index contributed by atoms with van der Waals surface area (Å²) < 4.78 is 8.06. The highest BCUT2D eigenvalue weighted by Gasteiger charge is 2.37. The summed E-state index contributed by atoms with van der Waals surface area (Å²) >= 11 is 0. The molecule has 0 unspecified atom stereocenters. The van der Waals surface area contributed by atoms with Crippen molar-refractivity contribution in [1.29, 1.82) is 0 Å². The van der Waals surface area contributed by atoms with Crippen molar-refractivity contribution in [3.05, 3.63) is 294 Å². The first kappa shape index (κ1) is 84.8. The molecule has 22 N–H and O–H groups in total. The number of rotatable bonds is 40. The smallest absolute Gasteiger partial charge is 0.338 e. The van der Waals surface area contributed by atoms with E-state index in [1.54, 1.807) is 12.1 Å². The molecule has 0 bridgehead atoms. The maximum atomic E-state index is 16.6. The van der Waals surface area contributed by atoms with Crippen molar-refractivity contribution in [2.75, 3.05) is 25.0 Å². The van der Waals surface area contributed by atoms with Crippen LogP contribution in [0.15, 0.2) is 250 Å². The molecule has 2 aromatic heterocycles. The molecule has 6 atom stereocenters. The van der Waals surface area contributed by atoms with Gasteiger partial charge in [-0.1, -0.05) is 176 Å². The van der Waals surface area contributed by atoms with Crippen LogP contribution in [0, 0.1) is 0 Å². The van der Waals surface area contributed by atoms with Crippen LogP contribution >= 0.6 is 0 Å². The zero-order valence-corrected chi connectivity index (χ0v) is 67.0. The molecule has 120 heavy (non-hydrogen) atoms. The highest BCUT2D eigenvalue weighted by Crippen LogP contribution is 2.23. The number of carbonyl (C=O) groups excluding carboxylic acids is 8. The highest BCUT2D eigenvalue weighted by molar-refractivity contribution is 6.00. The van der Waals surface area contributed by atoms with Crippen LogP contribution in [0.2, 0.25) is 0 Å². The molecule has 616 valence electrons. The minimum atomic E-state index is -1.57. The summed E-state index contributed by atoms with van der Waals surface area (Å²) in [5, 5.41) is 55.0. The van der Waals surface area contributed by atoms with E-state index < -0.39 is 71.7 Å². The van der Waals surface area contributed by atoms with E-state index in [1.807, 2.05) is 171 Å². The minimum absolute atomic E-state index is 0.000455. The number of nitrogens with two attached hydrogens (primary N) is 6. The number of imidazole rings is 2. The van der Waals surface area contributed by atoms with Crippen molar-refractivity contribution in [3.63, 3.8) is 0 Å². The van der Waals surface area contributed by atoms with Gasteiger partial charge in [-0.3, -0.25) is 82.9 Å². The Hall–Kier alpha value is -14.6. The number of amides is 7. The van der Waals surface area contributed by atoms with E-state index >= 15 is 19.2 Å². The van der Waals surface area contributed by atoms with Crippen LogP contribution in [0.3, 0.4) is 0 Å². The summed E-state index contributed by atoms with van der Waals surface area (Å²) in [7, 11) is 0. The molecule has 0 saturated heterocycles. The molecule has 2 heterocycles. The number of aromatic nitrogens is 4. The third-order valence-electron chi connectivity index (χ3n) is 20.9. The third-order valence-corrected chi connectivity index (χ3v) is 20.9. The zero-order valence-electron chi connectivity index (χ0n) is 67.0. The maximum Gasteiger partial charge on any atom is 0.338 e. The minimum Gasteiger partial charge on any atom is -0.344 e. The van der Waals surface area contributed by atoms with Gasteiger partial charge in [0.15, 0.2) is 0 Å². The number of benzene rings is 10. The lowest BCUT2D eigenvalue weighted by Crippen LogP contribution is -2.61. The molecule has 0 spiro atoms. The van der Waals surface area contributed by atoms with Crippen LogP contribution < -0.4 is 95.7 Å². The number of guanidine groups is 3. The zero-order chi connectivity index (χ0) is 84.4. The van der Waals surface area contributed by atoms with Gasteiger partial charge < -0.3 is 42.0 Å². The first-order chi connectivity index (χ1) is 58.1. The lowest BCUT2D eigenvalue weighted by molar-refractivity contribution is -0.695. The van der Waals surface area contributed by atoms with Crippen LogP contribution in [-0.4, -0.2) is 131 Å². The monoisotopic (exact) mass is 1620 g/mol. The Kier molecular flexibility index (Phi) is 29.2. The lowest BCUT2D eigenvalue weighted by Gasteiger charge is -2.27. The Balaban J connectivity index is 0.961. The summed E-state index contributed by atoms with van der Waals surface area (Å²) in [5.41, 5.74) is 23.9. The molecular formula is C92H105N20O8+5. The highest BCUT2D eigenvalue weighted by atomic mass is 16.2. The van der Waals surface area contributed by atoms with Crippen molar-refractivity contribution in [1.82, 2.24) is 57.0 Å². The van der Waals surface area contributed by atoms with Crippen molar-refractivity contribution < 1.29 is 63.7 Å².